The van der Waals surface area contributed by atoms with E-state index in [9.17, 15) is 9.59 Å². The molecule has 1 aromatic heterocycles. The molecule has 0 aliphatic carbocycles. The number of benzene rings is 2. The molecule has 3 aromatic rings. The zero-order valence-corrected chi connectivity index (χ0v) is 16.3. The predicted octanol–water partition coefficient (Wildman–Crippen LogP) is 4.31. The number of nitrogens with zero attached hydrogens (tertiary/aromatic N) is 2. The van der Waals surface area contributed by atoms with E-state index < -0.39 is 6.04 Å². The van der Waals surface area contributed by atoms with Gasteiger partial charge in [-0.15, -0.1) is 0 Å². The standard InChI is InChI=1S/C20H17Cl2N3O3/c21-12-7-8-14(22)16(10-12)23-20(27)17-5-3-9-25(17)19(26)11-15-13-4-1-2-6-18(13)28-24-15/h1-2,4,6-8,10,17H,3,5,9,11H2,(H,23,27)/t17-/m0/s1. The number of carbonyl (C=O) groups is 2. The van der Waals surface area contributed by atoms with Crippen molar-refractivity contribution in [1.29, 1.82) is 0 Å². The Hall–Kier alpha value is -2.57. The second-order valence-electron chi connectivity index (χ2n) is 6.66. The molecule has 0 radical (unpaired) electrons. The van der Waals surface area contributed by atoms with Crippen LogP contribution in [-0.2, 0) is 16.0 Å². The molecule has 1 fully saturated rings. The van der Waals surface area contributed by atoms with Gasteiger partial charge >= 0.3 is 0 Å². The molecule has 1 N–H and O–H groups in total. The maximum Gasteiger partial charge on any atom is 0.247 e. The highest BCUT2D eigenvalue weighted by atomic mass is 35.5. The molecular weight excluding hydrogens is 401 g/mol. The van der Waals surface area contributed by atoms with E-state index >= 15 is 0 Å². The van der Waals surface area contributed by atoms with Gasteiger partial charge in [-0.3, -0.25) is 9.59 Å². The third-order valence-corrected chi connectivity index (χ3v) is 5.40. The topological polar surface area (TPSA) is 75.4 Å². The minimum absolute atomic E-state index is 0.0821. The lowest BCUT2D eigenvalue weighted by Gasteiger charge is -2.24. The lowest BCUT2D eigenvalue weighted by Crippen LogP contribution is -2.43. The van der Waals surface area contributed by atoms with Gasteiger partial charge in [-0.1, -0.05) is 40.5 Å². The smallest absolute Gasteiger partial charge is 0.247 e. The van der Waals surface area contributed by atoms with E-state index in [1.807, 2.05) is 18.2 Å². The SMILES string of the molecule is O=C(Nc1cc(Cl)ccc1Cl)[C@@H]1CCCN1C(=O)Cc1noc2ccccc12. The van der Waals surface area contributed by atoms with Crippen LogP contribution in [0.15, 0.2) is 47.0 Å². The molecule has 2 aromatic carbocycles. The van der Waals surface area contributed by atoms with Crippen molar-refractivity contribution in [3.63, 3.8) is 0 Å². The van der Waals surface area contributed by atoms with Gasteiger partial charge in [-0.2, -0.15) is 0 Å². The number of fused-ring (bicyclic) bond motifs is 1. The molecule has 144 valence electrons. The van der Waals surface area contributed by atoms with E-state index in [2.05, 4.69) is 10.5 Å². The monoisotopic (exact) mass is 417 g/mol. The van der Waals surface area contributed by atoms with Gasteiger partial charge in [0.05, 0.1) is 17.1 Å². The van der Waals surface area contributed by atoms with E-state index in [0.717, 1.165) is 11.8 Å². The Morgan fingerprint density at radius 3 is 2.89 bits per heavy atom. The van der Waals surface area contributed by atoms with Gasteiger partial charge in [-0.25, -0.2) is 0 Å². The molecule has 0 spiro atoms. The summed E-state index contributed by atoms with van der Waals surface area (Å²) in [6.45, 7) is 0.524. The molecule has 0 saturated carbocycles. The summed E-state index contributed by atoms with van der Waals surface area (Å²) in [4.78, 5) is 27.2. The number of aromatic nitrogens is 1. The van der Waals surface area contributed by atoms with Crippen molar-refractivity contribution in [3.05, 3.63) is 58.2 Å². The van der Waals surface area contributed by atoms with Crippen molar-refractivity contribution in [1.82, 2.24) is 10.1 Å². The number of hydrogen-bond donors (Lipinski definition) is 1. The molecular formula is C20H17Cl2N3O3. The lowest BCUT2D eigenvalue weighted by molar-refractivity contribution is -0.136. The van der Waals surface area contributed by atoms with Crippen molar-refractivity contribution in [2.24, 2.45) is 0 Å². The Morgan fingerprint density at radius 1 is 1.21 bits per heavy atom. The van der Waals surface area contributed by atoms with Crippen LogP contribution in [0.3, 0.4) is 0 Å². The number of likely N-dealkylation sites (tertiary alicyclic amines) is 1. The van der Waals surface area contributed by atoms with E-state index in [1.54, 1.807) is 29.2 Å². The third kappa shape index (κ3) is 3.70. The summed E-state index contributed by atoms with van der Waals surface area (Å²) in [6, 6.07) is 11.7. The number of rotatable bonds is 4. The molecule has 8 heteroatoms. The molecule has 0 bridgehead atoms. The third-order valence-electron chi connectivity index (χ3n) is 4.83. The van der Waals surface area contributed by atoms with Crippen LogP contribution in [0.4, 0.5) is 5.69 Å². The minimum Gasteiger partial charge on any atom is -0.356 e. The van der Waals surface area contributed by atoms with Crippen molar-refractivity contribution >= 4 is 51.7 Å². The molecule has 1 saturated heterocycles. The molecule has 0 unspecified atom stereocenters. The number of para-hydroxylation sites is 1. The number of anilines is 1. The van der Waals surface area contributed by atoms with Gasteiger partial charge in [0.25, 0.3) is 0 Å². The second kappa shape index (κ2) is 7.81. The molecule has 1 aliphatic heterocycles. The Morgan fingerprint density at radius 2 is 2.04 bits per heavy atom. The molecule has 2 heterocycles. The summed E-state index contributed by atoms with van der Waals surface area (Å²) in [7, 11) is 0. The fraction of sp³-hybridized carbons (Fsp3) is 0.250. The van der Waals surface area contributed by atoms with Gasteiger partial charge in [-0.05, 0) is 43.2 Å². The maximum absolute atomic E-state index is 12.9. The van der Waals surface area contributed by atoms with Crippen LogP contribution in [0.5, 0.6) is 0 Å². The average Bonchev–Trinajstić information content (AvgIpc) is 3.32. The summed E-state index contributed by atoms with van der Waals surface area (Å²) in [5.74, 6) is -0.436. The number of carbonyl (C=O) groups excluding carboxylic acids is 2. The first-order valence-electron chi connectivity index (χ1n) is 8.91. The quantitative estimate of drug-likeness (QED) is 0.685. The van der Waals surface area contributed by atoms with Crippen molar-refractivity contribution in [3.8, 4) is 0 Å². The van der Waals surface area contributed by atoms with E-state index in [0.29, 0.717) is 40.0 Å². The number of halogens is 2. The van der Waals surface area contributed by atoms with Gasteiger partial charge in [0.15, 0.2) is 5.58 Å². The van der Waals surface area contributed by atoms with Gasteiger partial charge in [0.2, 0.25) is 11.8 Å². The highest BCUT2D eigenvalue weighted by Gasteiger charge is 2.34. The van der Waals surface area contributed by atoms with Crippen LogP contribution >= 0.6 is 23.2 Å². The van der Waals surface area contributed by atoms with Crippen LogP contribution in [0.2, 0.25) is 10.0 Å². The molecule has 1 atom stereocenters. The highest BCUT2D eigenvalue weighted by molar-refractivity contribution is 6.35. The summed E-state index contributed by atoms with van der Waals surface area (Å²) >= 11 is 12.1. The fourth-order valence-corrected chi connectivity index (χ4v) is 3.79. The van der Waals surface area contributed by atoms with E-state index in [1.165, 1.54) is 0 Å². The first kappa shape index (κ1) is 18.8. The normalized spacial score (nSPS) is 16.5. The summed E-state index contributed by atoms with van der Waals surface area (Å²) < 4.78 is 5.26. The minimum atomic E-state index is -0.555. The second-order valence-corrected chi connectivity index (χ2v) is 7.50. The summed E-state index contributed by atoms with van der Waals surface area (Å²) in [5, 5.41) is 8.46. The van der Waals surface area contributed by atoms with Gasteiger partial charge in [0.1, 0.15) is 11.7 Å². The van der Waals surface area contributed by atoms with E-state index in [4.69, 9.17) is 27.7 Å². The van der Waals surface area contributed by atoms with Crippen LogP contribution in [0, 0.1) is 0 Å². The first-order chi connectivity index (χ1) is 13.5. The number of amides is 2. The Balaban J connectivity index is 1.48. The molecule has 28 heavy (non-hydrogen) atoms. The number of hydrogen-bond acceptors (Lipinski definition) is 4. The van der Waals surface area contributed by atoms with Crippen LogP contribution < -0.4 is 5.32 Å². The Labute approximate surface area is 171 Å². The molecule has 6 nitrogen and oxygen atoms in total. The predicted molar refractivity (Wildman–Crippen MR) is 108 cm³/mol. The highest BCUT2D eigenvalue weighted by Crippen LogP contribution is 2.27. The van der Waals surface area contributed by atoms with Crippen molar-refractivity contribution < 1.29 is 14.1 Å². The van der Waals surface area contributed by atoms with Crippen molar-refractivity contribution in [2.45, 2.75) is 25.3 Å². The van der Waals surface area contributed by atoms with Crippen molar-refractivity contribution in [2.75, 3.05) is 11.9 Å². The van der Waals surface area contributed by atoms with Crippen LogP contribution in [-0.4, -0.2) is 34.5 Å². The maximum atomic E-state index is 12.9. The van der Waals surface area contributed by atoms with E-state index in [-0.39, 0.29) is 18.2 Å². The van der Waals surface area contributed by atoms with Crippen LogP contribution in [0.25, 0.3) is 11.0 Å². The summed E-state index contributed by atoms with van der Waals surface area (Å²) in [6.07, 6.45) is 1.43. The molecule has 1 aliphatic rings. The van der Waals surface area contributed by atoms with Crippen LogP contribution in [0.1, 0.15) is 18.5 Å². The largest absolute Gasteiger partial charge is 0.356 e. The number of nitrogens with one attached hydrogen (secondary N) is 1. The first-order valence-corrected chi connectivity index (χ1v) is 9.67. The molecule has 4 rings (SSSR count). The lowest BCUT2D eigenvalue weighted by atomic mass is 10.1. The fourth-order valence-electron chi connectivity index (χ4n) is 3.46. The zero-order chi connectivity index (χ0) is 19.7. The Bertz CT molecular complexity index is 1050. The van der Waals surface area contributed by atoms with Gasteiger partial charge in [0, 0.05) is 17.0 Å². The average molecular weight is 418 g/mol. The molecule has 2 amide bonds. The van der Waals surface area contributed by atoms with Gasteiger partial charge < -0.3 is 14.7 Å². The zero-order valence-electron chi connectivity index (χ0n) is 14.8. The summed E-state index contributed by atoms with van der Waals surface area (Å²) in [5.41, 5.74) is 1.64. The Kier molecular flexibility index (Phi) is 5.24.